The van der Waals surface area contributed by atoms with Gasteiger partial charge < -0.3 is 8.83 Å². The van der Waals surface area contributed by atoms with Gasteiger partial charge in [-0.3, -0.25) is 9.97 Å². The first-order valence-corrected chi connectivity index (χ1v) is 17.1. The van der Waals surface area contributed by atoms with E-state index in [0.29, 0.717) is 11.8 Å². The molecule has 4 aromatic heterocycles. The second kappa shape index (κ2) is 12.3. The van der Waals surface area contributed by atoms with Crippen LogP contribution >= 0.6 is 0 Å². The van der Waals surface area contributed by atoms with E-state index < -0.39 is 0 Å². The third-order valence-electron chi connectivity index (χ3n) is 9.74. The van der Waals surface area contributed by atoms with Crippen molar-refractivity contribution in [2.24, 2.45) is 0 Å². The van der Waals surface area contributed by atoms with E-state index >= 15 is 0 Å². The molecule has 0 radical (unpaired) electrons. The van der Waals surface area contributed by atoms with Crippen LogP contribution in [0.25, 0.3) is 100.0 Å². The van der Waals surface area contributed by atoms with Crippen LogP contribution in [0.5, 0.6) is 0 Å². The van der Waals surface area contributed by atoms with Gasteiger partial charge in [-0.15, -0.1) is 0 Å². The predicted octanol–water partition coefficient (Wildman–Crippen LogP) is 11.9. The van der Waals surface area contributed by atoms with Crippen LogP contribution in [-0.4, -0.2) is 19.9 Å². The molecule has 0 aliphatic rings. The monoisotopic (exact) mass is 668 g/mol. The summed E-state index contributed by atoms with van der Waals surface area (Å²) in [6, 6.07) is 47.2. The second-order valence-corrected chi connectivity index (χ2v) is 12.7. The lowest BCUT2D eigenvalue weighted by Gasteiger charge is -2.18. The van der Waals surface area contributed by atoms with Crippen LogP contribution in [0.2, 0.25) is 0 Å². The highest BCUT2D eigenvalue weighted by molar-refractivity contribution is 6.21. The van der Waals surface area contributed by atoms with Gasteiger partial charge in [0.1, 0.15) is 12.5 Å². The van der Waals surface area contributed by atoms with Crippen molar-refractivity contribution < 1.29 is 8.83 Å². The quantitative estimate of drug-likeness (QED) is 0.164. The Balaban J connectivity index is 1.16. The van der Waals surface area contributed by atoms with Crippen LogP contribution in [0.15, 0.2) is 180 Å². The number of nitrogens with zero attached hydrogens (tertiary/aromatic N) is 4. The highest BCUT2D eigenvalue weighted by atomic mass is 16.3. The summed E-state index contributed by atoms with van der Waals surface area (Å²) in [6.07, 6.45) is 10.1. The van der Waals surface area contributed by atoms with Crippen molar-refractivity contribution >= 4 is 32.3 Å². The van der Waals surface area contributed by atoms with Crippen LogP contribution in [0, 0.1) is 0 Å². The zero-order valence-corrected chi connectivity index (χ0v) is 27.8. The Bertz CT molecular complexity index is 2860. The summed E-state index contributed by atoms with van der Waals surface area (Å²) >= 11 is 0. The Hall–Kier alpha value is -7.18. The van der Waals surface area contributed by atoms with E-state index in [2.05, 4.69) is 125 Å². The molecule has 0 saturated heterocycles. The molecule has 0 unspecified atom stereocenters. The zero-order chi connectivity index (χ0) is 34.4. The van der Waals surface area contributed by atoms with Gasteiger partial charge in [0.25, 0.3) is 0 Å². The Morgan fingerprint density at radius 3 is 1.48 bits per heavy atom. The van der Waals surface area contributed by atoms with E-state index in [1.54, 1.807) is 24.9 Å². The third-order valence-corrected chi connectivity index (χ3v) is 9.74. The molecule has 0 amide bonds. The van der Waals surface area contributed by atoms with Gasteiger partial charge in [-0.1, -0.05) is 103 Å². The van der Waals surface area contributed by atoms with Gasteiger partial charge in [-0.2, -0.15) is 0 Å². The lowest BCUT2D eigenvalue weighted by molar-refractivity contribution is 0.574. The molecule has 0 spiro atoms. The topological polar surface area (TPSA) is 77.8 Å². The number of pyridine rings is 2. The summed E-state index contributed by atoms with van der Waals surface area (Å²) in [5, 5.41) is 6.82. The van der Waals surface area contributed by atoms with Gasteiger partial charge in [-0.25, -0.2) is 9.97 Å². The summed E-state index contributed by atoms with van der Waals surface area (Å²) in [5.41, 5.74) is 10.1. The molecule has 6 heteroatoms. The predicted molar refractivity (Wildman–Crippen MR) is 207 cm³/mol. The maximum Gasteiger partial charge on any atom is 0.227 e. The maximum absolute atomic E-state index is 5.56. The van der Waals surface area contributed by atoms with E-state index in [1.807, 2.05) is 30.6 Å². The average Bonchev–Trinajstić information content (AvgIpc) is 3.96. The van der Waals surface area contributed by atoms with Crippen molar-refractivity contribution in [3.05, 3.63) is 171 Å². The molecular formula is C46H28N4O2. The minimum atomic E-state index is 0.539. The van der Waals surface area contributed by atoms with Gasteiger partial charge in [0.05, 0.1) is 34.9 Å². The summed E-state index contributed by atoms with van der Waals surface area (Å²) in [7, 11) is 0. The fraction of sp³-hybridized carbons (Fsp3) is 0. The minimum absolute atomic E-state index is 0.539. The number of benzene rings is 6. The maximum atomic E-state index is 5.56. The minimum Gasteiger partial charge on any atom is -0.444 e. The molecule has 6 nitrogen and oxygen atoms in total. The number of oxazole rings is 2. The Labute approximate surface area is 298 Å². The van der Waals surface area contributed by atoms with Gasteiger partial charge in [0.15, 0.2) is 0 Å². The first-order valence-electron chi connectivity index (χ1n) is 17.1. The molecule has 10 aromatic rings. The molecule has 10 rings (SSSR count). The number of fused-ring (bicyclic) bond motifs is 3. The molecule has 0 atom stereocenters. The van der Waals surface area contributed by atoms with Crippen molar-refractivity contribution in [1.82, 2.24) is 19.9 Å². The fourth-order valence-corrected chi connectivity index (χ4v) is 7.30. The van der Waals surface area contributed by atoms with E-state index in [0.717, 1.165) is 66.3 Å². The lowest BCUT2D eigenvalue weighted by Crippen LogP contribution is -1.95. The molecule has 6 aromatic carbocycles. The Morgan fingerprint density at radius 1 is 0.365 bits per heavy atom. The van der Waals surface area contributed by atoms with Crippen LogP contribution in [0.3, 0.4) is 0 Å². The molecule has 0 N–H and O–H groups in total. The lowest BCUT2D eigenvalue weighted by atomic mass is 9.87. The molecule has 0 aliphatic heterocycles. The largest absolute Gasteiger partial charge is 0.444 e. The molecular weight excluding hydrogens is 641 g/mol. The van der Waals surface area contributed by atoms with E-state index in [-0.39, 0.29) is 0 Å². The van der Waals surface area contributed by atoms with E-state index in [1.165, 1.54) is 21.9 Å². The number of aromatic nitrogens is 4. The number of hydrogen-bond donors (Lipinski definition) is 0. The van der Waals surface area contributed by atoms with Crippen molar-refractivity contribution in [2.45, 2.75) is 0 Å². The Kier molecular flexibility index (Phi) is 7.03. The summed E-state index contributed by atoms with van der Waals surface area (Å²) in [4.78, 5) is 18.6. The van der Waals surface area contributed by atoms with Gasteiger partial charge in [-0.05, 0) is 84.9 Å². The standard InChI is InChI=1S/C46H28N4O2/c1-2-8-35-30(6-1)7-5-11-36(35)31-14-12-29(13-15-31)32-16-19-39-40(26-32)44(42-21-18-34(28-50-42)46-48-23-25-52-46)38-10-4-3-9-37(38)43(39)41-20-17-33(27-49-41)45-47-22-24-51-45/h1-28H. The van der Waals surface area contributed by atoms with Crippen LogP contribution in [0.1, 0.15) is 0 Å². The Morgan fingerprint density at radius 2 is 0.885 bits per heavy atom. The smallest absolute Gasteiger partial charge is 0.227 e. The molecule has 0 bridgehead atoms. The summed E-state index contributed by atoms with van der Waals surface area (Å²) < 4.78 is 11.1. The first-order chi connectivity index (χ1) is 25.8. The molecule has 0 saturated carbocycles. The zero-order valence-electron chi connectivity index (χ0n) is 27.8. The van der Waals surface area contributed by atoms with Crippen molar-refractivity contribution in [3.8, 4) is 67.7 Å². The van der Waals surface area contributed by atoms with E-state index in [9.17, 15) is 0 Å². The number of hydrogen-bond acceptors (Lipinski definition) is 6. The fourth-order valence-electron chi connectivity index (χ4n) is 7.30. The van der Waals surface area contributed by atoms with E-state index in [4.69, 9.17) is 18.8 Å². The van der Waals surface area contributed by atoms with Crippen molar-refractivity contribution in [3.63, 3.8) is 0 Å². The van der Waals surface area contributed by atoms with Crippen LogP contribution in [0.4, 0.5) is 0 Å². The highest BCUT2D eigenvalue weighted by Crippen LogP contribution is 2.44. The van der Waals surface area contributed by atoms with Crippen LogP contribution in [-0.2, 0) is 0 Å². The number of rotatable bonds is 6. The SMILES string of the molecule is c1ccc2c(-c3ccc(-c4ccc5c(-c6ccc(-c7ncco7)cn6)c6ccccc6c(-c6ccc(-c7ncco7)cn6)c5c4)cc3)cccc2c1. The normalized spacial score (nSPS) is 11.5. The average molecular weight is 669 g/mol. The molecule has 244 valence electrons. The molecule has 4 heterocycles. The second-order valence-electron chi connectivity index (χ2n) is 12.7. The molecule has 0 fully saturated rings. The van der Waals surface area contributed by atoms with Crippen LogP contribution < -0.4 is 0 Å². The van der Waals surface area contributed by atoms with Gasteiger partial charge in [0, 0.05) is 23.5 Å². The summed E-state index contributed by atoms with van der Waals surface area (Å²) in [5.74, 6) is 1.08. The molecule has 52 heavy (non-hydrogen) atoms. The van der Waals surface area contributed by atoms with Crippen molar-refractivity contribution in [1.29, 1.82) is 0 Å². The van der Waals surface area contributed by atoms with Crippen molar-refractivity contribution in [2.75, 3.05) is 0 Å². The third kappa shape index (κ3) is 5.05. The van der Waals surface area contributed by atoms with Gasteiger partial charge >= 0.3 is 0 Å². The van der Waals surface area contributed by atoms with Gasteiger partial charge in [0.2, 0.25) is 11.8 Å². The highest BCUT2D eigenvalue weighted by Gasteiger charge is 2.20. The molecule has 0 aliphatic carbocycles. The first kappa shape index (κ1) is 29.7. The summed E-state index contributed by atoms with van der Waals surface area (Å²) in [6.45, 7) is 0.